The normalized spacial score (nSPS) is 16.9. The van der Waals surface area contributed by atoms with Crippen molar-refractivity contribution in [3.8, 4) is 0 Å². The standard InChI is InChI=1S/C34H43BN2O5.C23H25BN2O3.ClH/c1-32(2,3)40-31(39)36-22-23-10-8-11-25(20-23)24-16-18-37(19-17-24)30(38)29-13-9-12-26-21-27(14-15-28(26)29)35-41-33(4,5)34(6,7)42-35;25-15-16-3-1-4-18(13-16)17-9-11-26(12-10-17)23(27)22-6-2-5-19-14-20(24(28)29)7-8-21(19)22;/h8-15,20-21,24H,16-19,22H2,1-7H3,(H,36,39);1-8,13-14,17,28-29H,9-12,15,25H2;1H. The van der Waals surface area contributed by atoms with Gasteiger partial charge in [0.1, 0.15) is 5.60 Å². The number of amides is 3. The quantitative estimate of drug-likeness (QED) is 0.104. The number of carbonyl (C=O) groups excluding carboxylic acids is 3. The molecule has 15 heteroatoms. The Balaban J connectivity index is 0.000000222. The molecule has 0 spiro atoms. The lowest BCUT2D eigenvalue weighted by Gasteiger charge is -2.32. The minimum atomic E-state index is -1.52. The van der Waals surface area contributed by atoms with Crippen molar-refractivity contribution in [1.29, 1.82) is 0 Å². The lowest BCUT2D eigenvalue weighted by atomic mass is 9.78. The van der Waals surface area contributed by atoms with E-state index >= 15 is 0 Å². The summed E-state index contributed by atoms with van der Waals surface area (Å²) in [4.78, 5) is 42.8. The van der Waals surface area contributed by atoms with E-state index in [-0.39, 0.29) is 24.2 Å². The molecule has 0 aromatic heterocycles. The molecular formula is C57H69B2ClN4O8. The van der Waals surface area contributed by atoms with Gasteiger partial charge in [0.25, 0.3) is 11.8 Å². The number of hydrogen-bond donors (Lipinski definition) is 4. The Labute approximate surface area is 431 Å². The molecule has 378 valence electrons. The first kappa shape index (κ1) is 54.1. The van der Waals surface area contributed by atoms with Gasteiger partial charge in [0.15, 0.2) is 0 Å². The minimum absolute atomic E-state index is 0. The van der Waals surface area contributed by atoms with Crippen LogP contribution >= 0.6 is 12.4 Å². The van der Waals surface area contributed by atoms with Crippen LogP contribution in [0.3, 0.4) is 0 Å². The Bertz CT molecular complexity index is 2880. The second-order valence-corrected chi connectivity index (χ2v) is 21.2. The van der Waals surface area contributed by atoms with Crippen LogP contribution in [0.1, 0.15) is 129 Å². The molecule has 3 saturated heterocycles. The summed E-state index contributed by atoms with van der Waals surface area (Å²) in [6, 6.07) is 39.5. The largest absolute Gasteiger partial charge is 0.494 e. The number of likely N-dealkylation sites (tertiary alicyclic amines) is 2. The van der Waals surface area contributed by atoms with Crippen molar-refractivity contribution in [3.05, 3.63) is 155 Å². The van der Waals surface area contributed by atoms with E-state index in [1.54, 1.807) is 18.2 Å². The fourth-order valence-corrected chi connectivity index (χ4v) is 9.86. The first-order chi connectivity index (χ1) is 33.8. The van der Waals surface area contributed by atoms with E-state index in [1.165, 1.54) is 11.1 Å². The van der Waals surface area contributed by atoms with Gasteiger partial charge in [0.2, 0.25) is 0 Å². The summed E-state index contributed by atoms with van der Waals surface area (Å²) < 4.78 is 17.8. The summed E-state index contributed by atoms with van der Waals surface area (Å²) >= 11 is 0. The summed E-state index contributed by atoms with van der Waals surface area (Å²) in [6.07, 6.45) is 3.24. The number of nitrogens with two attached hydrogens (primary N) is 1. The lowest BCUT2D eigenvalue weighted by Crippen LogP contribution is -2.41. The van der Waals surface area contributed by atoms with E-state index < -0.39 is 37.1 Å². The molecule has 0 aliphatic carbocycles. The van der Waals surface area contributed by atoms with Gasteiger partial charge >= 0.3 is 20.3 Å². The molecule has 0 bridgehead atoms. The maximum absolute atomic E-state index is 13.7. The first-order valence-corrected chi connectivity index (χ1v) is 25.0. The van der Waals surface area contributed by atoms with Crippen molar-refractivity contribution in [3.63, 3.8) is 0 Å². The van der Waals surface area contributed by atoms with Gasteiger partial charge in [0, 0.05) is 50.4 Å². The number of halogens is 1. The number of alkyl carbamates (subject to hydrolysis) is 1. The van der Waals surface area contributed by atoms with Crippen molar-refractivity contribution in [2.75, 3.05) is 26.2 Å². The molecule has 5 N–H and O–H groups in total. The van der Waals surface area contributed by atoms with Crippen molar-refractivity contribution in [2.45, 2.75) is 116 Å². The zero-order valence-electron chi connectivity index (χ0n) is 42.7. The van der Waals surface area contributed by atoms with Crippen molar-refractivity contribution in [2.24, 2.45) is 5.73 Å². The average molecular weight is 995 g/mol. The minimum Gasteiger partial charge on any atom is -0.444 e. The third-order valence-corrected chi connectivity index (χ3v) is 14.6. The molecule has 3 amide bonds. The molecule has 3 heterocycles. The predicted octanol–water partition coefficient (Wildman–Crippen LogP) is 8.60. The zero-order valence-corrected chi connectivity index (χ0v) is 43.5. The van der Waals surface area contributed by atoms with Gasteiger partial charge in [-0.2, -0.15) is 0 Å². The Kier molecular flexibility index (Phi) is 17.0. The van der Waals surface area contributed by atoms with Crippen molar-refractivity contribution in [1.82, 2.24) is 15.1 Å². The third kappa shape index (κ3) is 12.5. The average Bonchev–Trinajstić information content (AvgIpc) is 3.59. The van der Waals surface area contributed by atoms with Gasteiger partial charge in [-0.3, -0.25) is 9.59 Å². The number of nitrogens with one attached hydrogen (secondary N) is 1. The number of ether oxygens (including phenoxy) is 1. The molecular weight excluding hydrogens is 926 g/mol. The summed E-state index contributed by atoms with van der Waals surface area (Å²) in [7, 11) is -1.96. The fourth-order valence-electron chi connectivity index (χ4n) is 9.86. The second-order valence-electron chi connectivity index (χ2n) is 21.2. The van der Waals surface area contributed by atoms with Crippen LogP contribution in [0.2, 0.25) is 0 Å². The van der Waals surface area contributed by atoms with Gasteiger partial charge in [-0.05, 0) is 153 Å². The number of piperidine rings is 2. The van der Waals surface area contributed by atoms with Gasteiger partial charge in [-0.15, -0.1) is 12.4 Å². The number of benzene rings is 6. The monoisotopic (exact) mass is 994 g/mol. The van der Waals surface area contributed by atoms with E-state index in [9.17, 15) is 24.4 Å². The maximum atomic E-state index is 13.7. The van der Waals surface area contributed by atoms with Crippen LogP contribution in [-0.4, -0.2) is 95.0 Å². The second kappa shape index (κ2) is 22.6. The van der Waals surface area contributed by atoms with Crippen LogP contribution in [0.15, 0.2) is 121 Å². The summed E-state index contributed by atoms with van der Waals surface area (Å²) in [5.41, 5.74) is 11.9. The number of fused-ring (bicyclic) bond motifs is 2. The van der Waals surface area contributed by atoms with Gasteiger partial charge in [0.05, 0.1) is 11.2 Å². The number of nitrogens with zero attached hydrogens (tertiary/aromatic N) is 2. The smallest absolute Gasteiger partial charge is 0.444 e. The predicted molar refractivity (Wildman–Crippen MR) is 290 cm³/mol. The molecule has 3 fully saturated rings. The fraction of sp³-hybridized carbons (Fsp3) is 0.386. The number of carbonyl (C=O) groups is 3. The van der Waals surface area contributed by atoms with Crippen molar-refractivity contribution >= 4 is 77.0 Å². The highest BCUT2D eigenvalue weighted by Gasteiger charge is 2.51. The molecule has 0 radical (unpaired) electrons. The zero-order chi connectivity index (χ0) is 50.7. The van der Waals surface area contributed by atoms with E-state index in [2.05, 4.69) is 69.4 Å². The van der Waals surface area contributed by atoms with Crippen LogP contribution in [-0.2, 0) is 27.1 Å². The molecule has 3 aliphatic rings. The molecule has 6 aromatic rings. The molecule has 0 unspecified atom stereocenters. The highest BCUT2D eigenvalue weighted by molar-refractivity contribution is 6.62. The molecule has 3 aliphatic heterocycles. The van der Waals surface area contributed by atoms with Crippen LogP contribution in [0.4, 0.5) is 4.79 Å². The molecule has 0 atom stereocenters. The van der Waals surface area contributed by atoms with E-state index in [0.29, 0.717) is 49.0 Å². The molecule has 0 saturated carbocycles. The van der Waals surface area contributed by atoms with E-state index in [1.807, 2.05) is 97.3 Å². The Hall–Kier alpha value is -5.73. The highest BCUT2D eigenvalue weighted by atomic mass is 35.5. The van der Waals surface area contributed by atoms with E-state index in [4.69, 9.17) is 19.8 Å². The molecule has 6 aromatic carbocycles. The Morgan fingerprint density at radius 3 is 1.65 bits per heavy atom. The van der Waals surface area contributed by atoms with Gasteiger partial charge in [-0.1, -0.05) is 109 Å². The van der Waals surface area contributed by atoms with Crippen LogP contribution in [0.5, 0.6) is 0 Å². The third-order valence-electron chi connectivity index (χ3n) is 14.6. The first-order valence-electron chi connectivity index (χ1n) is 25.0. The van der Waals surface area contributed by atoms with Crippen LogP contribution < -0.4 is 22.0 Å². The Morgan fingerprint density at radius 1 is 0.681 bits per heavy atom. The van der Waals surface area contributed by atoms with Crippen molar-refractivity contribution < 1.29 is 38.5 Å². The summed E-state index contributed by atoms with van der Waals surface area (Å²) in [5, 5.41) is 25.2. The van der Waals surface area contributed by atoms with Crippen LogP contribution in [0.25, 0.3) is 21.5 Å². The Morgan fingerprint density at radius 2 is 1.15 bits per heavy atom. The van der Waals surface area contributed by atoms with Gasteiger partial charge in [-0.25, -0.2) is 4.79 Å². The molecule has 12 nitrogen and oxygen atoms in total. The lowest BCUT2D eigenvalue weighted by molar-refractivity contribution is 0.00578. The SMILES string of the molecule is CC(C)(C)OC(=O)NCc1cccc(C2CCN(C(=O)c3cccc4cc(B5OC(C)(C)C(C)(C)O5)ccc34)CC2)c1.Cl.NCc1cccc(C2CCN(C(=O)c3cccc4cc(B(O)O)ccc34)CC2)c1. The summed E-state index contributed by atoms with van der Waals surface area (Å²) in [5.74, 6) is 0.914. The van der Waals surface area contributed by atoms with Crippen LogP contribution in [0, 0.1) is 0 Å². The van der Waals surface area contributed by atoms with E-state index in [0.717, 1.165) is 82.5 Å². The number of hydrogen-bond acceptors (Lipinski definition) is 9. The van der Waals surface area contributed by atoms with Gasteiger partial charge < -0.3 is 44.9 Å². The molecule has 9 rings (SSSR count). The molecule has 72 heavy (non-hydrogen) atoms. The summed E-state index contributed by atoms with van der Waals surface area (Å²) in [6.45, 7) is 17.6. The topological polar surface area (TPSA) is 164 Å². The highest BCUT2D eigenvalue weighted by Crippen LogP contribution is 2.37. The maximum Gasteiger partial charge on any atom is 0.494 e. The number of rotatable bonds is 9.